The molecule has 0 spiro atoms. The summed E-state index contributed by atoms with van der Waals surface area (Å²) >= 11 is 0. The van der Waals surface area contributed by atoms with Crippen molar-refractivity contribution in [2.24, 2.45) is 79.9 Å². The first-order chi connectivity index (χ1) is 37.7. The average Bonchev–Trinajstić information content (AvgIpc) is 3.34. The molecule has 464 valence electrons. The van der Waals surface area contributed by atoms with Crippen molar-refractivity contribution < 1.29 is 47.9 Å². The molecule has 27 nitrogen and oxygen atoms in total. The van der Waals surface area contributed by atoms with E-state index in [2.05, 4.69) is 57.8 Å². The van der Waals surface area contributed by atoms with Gasteiger partial charge in [-0.05, 0) is 113 Å². The second-order valence-electron chi connectivity index (χ2n) is 23.2. The molecular formula is C54H103N17O10. The monoisotopic (exact) mass is 1150 g/mol. The zero-order chi connectivity index (χ0) is 62.3. The van der Waals surface area contributed by atoms with Crippen molar-refractivity contribution in [1.82, 2.24) is 47.9 Å². The van der Waals surface area contributed by atoms with E-state index in [0.717, 1.165) is 0 Å². The minimum absolute atomic E-state index is 0.0288. The third kappa shape index (κ3) is 31.7. The van der Waals surface area contributed by atoms with Gasteiger partial charge in [-0.3, -0.25) is 57.9 Å². The molecule has 9 atom stereocenters. The maximum Gasteiger partial charge on any atom is 0.243 e. The molecule has 0 aromatic heterocycles. The van der Waals surface area contributed by atoms with Crippen LogP contribution in [0.3, 0.4) is 0 Å². The molecule has 0 saturated heterocycles. The highest BCUT2D eigenvalue weighted by atomic mass is 16.2. The number of unbranched alkanes of at least 4 members (excludes halogenated alkanes) is 1. The summed E-state index contributed by atoms with van der Waals surface area (Å²) in [6, 6.07) is -10.5. The van der Waals surface area contributed by atoms with Gasteiger partial charge in [0, 0.05) is 20.0 Å². The lowest BCUT2D eigenvalue weighted by Gasteiger charge is -2.30. The molecule has 10 amide bonds. The van der Waals surface area contributed by atoms with Gasteiger partial charge in [-0.25, -0.2) is 0 Å². The van der Waals surface area contributed by atoms with Gasteiger partial charge in [0.15, 0.2) is 11.9 Å². The summed E-state index contributed by atoms with van der Waals surface area (Å²) in [5.74, 6) is -8.51. The number of nitrogens with two attached hydrogens (primary N) is 6. The third-order valence-corrected chi connectivity index (χ3v) is 12.7. The average molecular weight is 1150 g/mol. The van der Waals surface area contributed by atoms with Gasteiger partial charge in [0.05, 0.1) is 0 Å². The van der Waals surface area contributed by atoms with Crippen molar-refractivity contribution in [2.75, 3.05) is 19.6 Å². The lowest BCUT2D eigenvalue weighted by molar-refractivity contribution is -0.136. The van der Waals surface area contributed by atoms with E-state index in [9.17, 15) is 47.9 Å². The van der Waals surface area contributed by atoms with Crippen LogP contribution in [0.5, 0.6) is 0 Å². The Bertz CT molecular complexity index is 2090. The van der Waals surface area contributed by atoms with E-state index < -0.39 is 119 Å². The second kappa shape index (κ2) is 38.8. The number of nitrogens with zero attached hydrogens (tertiary/aromatic N) is 2. The molecular weight excluding hydrogens is 1050 g/mol. The number of guanidine groups is 2. The number of primary amides is 1. The predicted octanol–water partition coefficient (Wildman–Crippen LogP) is -1.41. The Morgan fingerprint density at radius 3 is 0.901 bits per heavy atom. The molecule has 81 heavy (non-hydrogen) atoms. The molecule has 0 fully saturated rings. The van der Waals surface area contributed by atoms with Crippen molar-refractivity contribution in [1.29, 1.82) is 0 Å². The van der Waals surface area contributed by atoms with Crippen molar-refractivity contribution in [3.05, 3.63) is 0 Å². The Kier molecular flexibility index (Phi) is 35.5. The summed E-state index contributed by atoms with van der Waals surface area (Å²) in [4.78, 5) is 145. The van der Waals surface area contributed by atoms with Gasteiger partial charge in [-0.15, -0.1) is 0 Å². The van der Waals surface area contributed by atoms with Gasteiger partial charge >= 0.3 is 0 Å². The first-order valence-corrected chi connectivity index (χ1v) is 28.5. The Morgan fingerprint density at radius 2 is 0.617 bits per heavy atom. The minimum Gasteiger partial charge on any atom is -0.370 e. The number of carbonyl (C=O) groups is 10. The van der Waals surface area contributed by atoms with Crippen LogP contribution in [0.1, 0.15) is 161 Å². The highest BCUT2D eigenvalue weighted by Crippen LogP contribution is 2.15. The molecule has 0 bridgehead atoms. The zero-order valence-electron chi connectivity index (χ0n) is 50.5. The highest BCUT2D eigenvalue weighted by Gasteiger charge is 2.36. The number of amides is 10. The summed E-state index contributed by atoms with van der Waals surface area (Å²) in [5.41, 5.74) is 33.4. The molecule has 0 aromatic carbocycles. The Labute approximate surface area is 479 Å². The second-order valence-corrected chi connectivity index (χ2v) is 23.2. The SMILES string of the molecule is CC(=O)N[C@@H](CC(C)C)C(=O)N[C@@H](CC(C)C)C(=O)N[C@@H](CC(C)C)C(=O)N[C@@H](CC(C)C)C(=O)N[C@@H](CCCN=C(N)N)C(=O)N[C@H](C(=O)N[C@@H](CCCCN)C(=O)N[C@@H](CCCN=C(N)N)C(=O)N[C@H](C(N)=O)C(C)C)C(C)C. The zero-order valence-corrected chi connectivity index (χ0v) is 50.5. The molecule has 0 aliphatic rings. The largest absolute Gasteiger partial charge is 0.370 e. The normalized spacial score (nSPS) is 14.7. The number of aliphatic imine (C=N–C) groups is 2. The van der Waals surface area contributed by atoms with Crippen LogP contribution in [0.2, 0.25) is 0 Å². The van der Waals surface area contributed by atoms with Gasteiger partial charge < -0.3 is 82.3 Å². The number of hydrogen-bond acceptors (Lipinski definition) is 13. The van der Waals surface area contributed by atoms with E-state index in [1.165, 1.54) is 6.92 Å². The first-order valence-electron chi connectivity index (χ1n) is 28.5. The van der Waals surface area contributed by atoms with E-state index in [1.54, 1.807) is 27.7 Å². The summed E-state index contributed by atoms with van der Waals surface area (Å²) in [5, 5.41) is 24.6. The lowest BCUT2D eigenvalue weighted by atomic mass is 9.97. The van der Waals surface area contributed by atoms with Gasteiger partial charge in [0.1, 0.15) is 54.4 Å². The van der Waals surface area contributed by atoms with Gasteiger partial charge in [0.25, 0.3) is 0 Å². The Morgan fingerprint density at radius 1 is 0.346 bits per heavy atom. The van der Waals surface area contributed by atoms with E-state index >= 15 is 0 Å². The molecule has 0 radical (unpaired) electrons. The molecule has 0 heterocycles. The Hall–Kier alpha value is -6.80. The standard InChI is InChI=1S/C54H103N17O10/c1-28(2)24-38(63-34(13)72)48(77)67-40(26-30(5)6)50(79)69-41(27-31(7)8)51(80)68-39(25-29(3)4)49(78)65-37(20-17-23-62-54(59)60)47(76)71-43(33(11)12)52(81)66-35(18-14-15-21-55)45(74)64-36(19-16-22-61-53(57)58)46(75)70-42(32(9)10)44(56)73/h28-33,35-43H,14-27,55H2,1-13H3,(H2,56,73)(H,63,72)(H,64,74)(H,65,78)(H,66,81)(H,67,77)(H,68,80)(H,69,79)(H,70,75)(H,71,76)(H4,57,58,61)(H4,59,60,62)/t35-,36-,37-,38-,39-,40-,41-,42-,43-/m0/s1. The van der Waals surface area contributed by atoms with Gasteiger partial charge in [-0.2, -0.15) is 0 Å². The number of hydrogen-bond donors (Lipinski definition) is 15. The summed E-state index contributed by atoms with van der Waals surface area (Å²) < 4.78 is 0. The highest BCUT2D eigenvalue weighted by molar-refractivity contribution is 5.98. The quantitative estimate of drug-likeness (QED) is 0.0190. The van der Waals surface area contributed by atoms with Crippen LogP contribution in [0.4, 0.5) is 0 Å². The fourth-order valence-electron chi connectivity index (χ4n) is 8.60. The minimum atomic E-state index is -1.33. The van der Waals surface area contributed by atoms with Crippen LogP contribution in [-0.4, -0.2) is 145 Å². The van der Waals surface area contributed by atoms with Crippen LogP contribution in [0.25, 0.3) is 0 Å². The summed E-state index contributed by atoms with van der Waals surface area (Å²) in [6.07, 6.45) is 2.11. The number of nitrogens with one attached hydrogen (secondary N) is 9. The fourth-order valence-corrected chi connectivity index (χ4v) is 8.60. The molecule has 21 N–H and O–H groups in total. The van der Waals surface area contributed by atoms with Crippen molar-refractivity contribution in [3.63, 3.8) is 0 Å². The summed E-state index contributed by atoms with van der Waals surface area (Å²) in [7, 11) is 0. The fraction of sp³-hybridized carbons (Fsp3) is 0.778. The topological polar surface area (TPSA) is 460 Å². The molecule has 0 saturated carbocycles. The maximum atomic E-state index is 14.4. The van der Waals surface area contributed by atoms with Crippen LogP contribution in [0, 0.1) is 35.5 Å². The van der Waals surface area contributed by atoms with Crippen LogP contribution in [-0.2, 0) is 47.9 Å². The number of rotatable bonds is 40. The molecule has 27 heteroatoms. The molecule has 0 aromatic rings. The van der Waals surface area contributed by atoms with E-state index in [4.69, 9.17) is 34.4 Å². The molecule has 0 rings (SSSR count). The third-order valence-electron chi connectivity index (χ3n) is 12.7. The Balaban J connectivity index is 6.99. The first kappa shape index (κ1) is 74.2. The van der Waals surface area contributed by atoms with Crippen molar-refractivity contribution in [2.45, 2.75) is 215 Å². The number of carbonyl (C=O) groups excluding carboxylic acids is 10. The predicted molar refractivity (Wildman–Crippen MR) is 312 cm³/mol. The van der Waals surface area contributed by atoms with Crippen LogP contribution in [0.15, 0.2) is 9.98 Å². The molecule has 0 aliphatic carbocycles. The smallest absolute Gasteiger partial charge is 0.243 e. The maximum absolute atomic E-state index is 14.4. The van der Waals surface area contributed by atoms with E-state index in [0.29, 0.717) is 19.3 Å². The van der Waals surface area contributed by atoms with Crippen molar-refractivity contribution >= 4 is 71.0 Å². The molecule has 0 aliphatic heterocycles. The van der Waals surface area contributed by atoms with E-state index in [-0.39, 0.29) is 113 Å². The van der Waals surface area contributed by atoms with Gasteiger partial charge in [0.2, 0.25) is 59.1 Å². The lowest BCUT2D eigenvalue weighted by Crippen LogP contribution is -2.61. The van der Waals surface area contributed by atoms with Crippen molar-refractivity contribution in [3.8, 4) is 0 Å². The van der Waals surface area contributed by atoms with Gasteiger partial charge in [-0.1, -0.05) is 83.1 Å². The van der Waals surface area contributed by atoms with Crippen LogP contribution < -0.4 is 82.3 Å². The van der Waals surface area contributed by atoms with Crippen LogP contribution >= 0.6 is 0 Å². The molecule has 0 unspecified atom stereocenters. The van der Waals surface area contributed by atoms with E-state index in [1.807, 2.05) is 55.4 Å². The summed E-state index contributed by atoms with van der Waals surface area (Å²) in [6.45, 7) is 23.4.